The monoisotopic (exact) mass is 405 g/mol. The van der Waals surface area contributed by atoms with Gasteiger partial charge in [-0.25, -0.2) is 9.97 Å². The molecule has 1 aromatic carbocycles. The standard InChI is InChI=1S/C23H27N5O2/c1-3-28-20-19(5-4-12-24-20)26-21(23(28)30)27-13-10-18(11-14-27)22(29)25-15-17-8-6-16(2)7-9-17/h4-9,12,18H,3,10-11,13-15H2,1-2H3,(H,25,29). The molecule has 4 rings (SSSR count). The van der Waals surface area contributed by atoms with E-state index >= 15 is 0 Å². The number of aryl methyl sites for hydroxylation is 2. The molecule has 0 aliphatic carbocycles. The SMILES string of the molecule is CCn1c(=O)c(N2CCC(C(=O)NCc3ccc(C)cc3)CC2)nc2cccnc21. The predicted molar refractivity (Wildman–Crippen MR) is 117 cm³/mol. The lowest BCUT2D eigenvalue weighted by Gasteiger charge is -2.32. The van der Waals surface area contributed by atoms with Crippen LogP contribution in [0.5, 0.6) is 0 Å². The second-order valence-corrected chi connectivity index (χ2v) is 7.80. The first-order valence-electron chi connectivity index (χ1n) is 10.5. The van der Waals surface area contributed by atoms with Crippen LogP contribution >= 0.6 is 0 Å². The van der Waals surface area contributed by atoms with Crippen LogP contribution in [-0.4, -0.2) is 33.5 Å². The van der Waals surface area contributed by atoms with Crippen molar-refractivity contribution in [3.05, 3.63) is 64.1 Å². The molecule has 2 aromatic heterocycles. The first-order valence-corrected chi connectivity index (χ1v) is 10.5. The van der Waals surface area contributed by atoms with Gasteiger partial charge in [-0.3, -0.25) is 14.2 Å². The van der Waals surface area contributed by atoms with Gasteiger partial charge in [-0.1, -0.05) is 29.8 Å². The summed E-state index contributed by atoms with van der Waals surface area (Å²) < 4.78 is 1.66. The number of benzene rings is 1. The Kier molecular flexibility index (Phi) is 5.79. The quantitative estimate of drug-likeness (QED) is 0.706. The number of nitrogens with one attached hydrogen (secondary N) is 1. The minimum Gasteiger partial charge on any atom is -0.352 e. The van der Waals surface area contributed by atoms with E-state index in [1.165, 1.54) is 5.56 Å². The molecular formula is C23H27N5O2. The summed E-state index contributed by atoms with van der Waals surface area (Å²) in [5, 5.41) is 3.05. The number of pyridine rings is 1. The number of fused-ring (bicyclic) bond motifs is 1. The van der Waals surface area contributed by atoms with Crippen molar-refractivity contribution in [3.63, 3.8) is 0 Å². The molecule has 0 radical (unpaired) electrons. The third kappa shape index (κ3) is 4.06. The van der Waals surface area contributed by atoms with Crippen LogP contribution in [0.25, 0.3) is 11.2 Å². The lowest BCUT2D eigenvalue weighted by atomic mass is 9.96. The van der Waals surface area contributed by atoms with E-state index in [0.717, 1.165) is 5.56 Å². The molecule has 3 heterocycles. The van der Waals surface area contributed by atoms with Crippen LogP contribution < -0.4 is 15.8 Å². The lowest BCUT2D eigenvalue weighted by Crippen LogP contribution is -2.43. The smallest absolute Gasteiger partial charge is 0.295 e. The van der Waals surface area contributed by atoms with E-state index in [1.807, 2.05) is 43.0 Å². The summed E-state index contributed by atoms with van der Waals surface area (Å²) in [5.74, 6) is 0.495. The van der Waals surface area contributed by atoms with Crippen LogP contribution in [-0.2, 0) is 17.9 Å². The summed E-state index contributed by atoms with van der Waals surface area (Å²) in [7, 11) is 0. The summed E-state index contributed by atoms with van der Waals surface area (Å²) in [5.41, 5.74) is 3.51. The molecule has 3 aromatic rings. The van der Waals surface area contributed by atoms with Crippen molar-refractivity contribution in [2.24, 2.45) is 5.92 Å². The first kappa shape index (κ1) is 20.1. The van der Waals surface area contributed by atoms with E-state index in [-0.39, 0.29) is 17.4 Å². The fourth-order valence-electron chi connectivity index (χ4n) is 3.95. The average molecular weight is 406 g/mol. The van der Waals surface area contributed by atoms with Crippen LogP contribution in [0.15, 0.2) is 47.4 Å². The van der Waals surface area contributed by atoms with Crippen molar-refractivity contribution in [1.82, 2.24) is 19.9 Å². The number of hydrogen-bond acceptors (Lipinski definition) is 5. The summed E-state index contributed by atoms with van der Waals surface area (Å²) in [4.78, 5) is 36.5. The molecule has 0 saturated carbocycles. The Morgan fingerprint density at radius 2 is 1.90 bits per heavy atom. The van der Waals surface area contributed by atoms with Gasteiger partial charge in [-0.05, 0) is 44.4 Å². The first-order chi connectivity index (χ1) is 14.6. The van der Waals surface area contributed by atoms with Crippen LogP contribution in [0, 0.1) is 12.8 Å². The van der Waals surface area contributed by atoms with Crippen molar-refractivity contribution in [2.75, 3.05) is 18.0 Å². The number of amides is 1. The van der Waals surface area contributed by atoms with Gasteiger partial charge in [0.2, 0.25) is 5.91 Å². The molecule has 1 saturated heterocycles. The van der Waals surface area contributed by atoms with Crippen LogP contribution in [0.4, 0.5) is 5.82 Å². The van der Waals surface area contributed by atoms with Crippen molar-refractivity contribution in [3.8, 4) is 0 Å². The maximum absolute atomic E-state index is 13.0. The van der Waals surface area contributed by atoms with E-state index in [2.05, 4.69) is 27.4 Å². The van der Waals surface area contributed by atoms with Gasteiger partial charge in [-0.2, -0.15) is 0 Å². The van der Waals surface area contributed by atoms with Gasteiger partial charge in [-0.15, -0.1) is 0 Å². The molecule has 0 spiro atoms. The Morgan fingerprint density at radius 3 is 2.60 bits per heavy atom. The van der Waals surface area contributed by atoms with Crippen molar-refractivity contribution in [1.29, 1.82) is 0 Å². The molecule has 1 aliphatic rings. The number of anilines is 1. The molecular weight excluding hydrogens is 378 g/mol. The number of nitrogens with zero attached hydrogens (tertiary/aromatic N) is 4. The Bertz CT molecular complexity index is 1100. The molecule has 1 N–H and O–H groups in total. The Balaban J connectivity index is 1.42. The minimum absolute atomic E-state index is 0.0396. The summed E-state index contributed by atoms with van der Waals surface area (Å²) in [6, 6.07) is 11.9. The van der Waals surface area contributed by atoms with Gasteiger partial charge >= 0.3 is 0 Å². The zero-order valence-corrected chi connectivity index (χ0v) is 17.5. The molecule has 7 heteroatoms. The number of piperidine rings is 1. The highest BCUT2D eigenvalue weighted by Gasteiger charge is 2.27. The second kappa shape index (κ2) is 8.65. The Morgan fingerprint density at radius 1 is 1.17 bits per heavy atom. The summed E-state index contributed by atoms with van der Waals surface area (Å²) in [6.45, 7) is 6.34. The van der Waals surface area contributed by atoms with E-state index in [9.17, 15) is 9.59 Å². The van der Waals surface area contributed by atoms with E-state index in [1.54, 1.807) is 10.8 Å². The fraction of sp³-hybridized carbons (Fsp3) is 0.391. The van der Waals surface area contributed by atoms with Crippen molar-refractivity contribution >= 4 is 22.9 Å². The topological polar surface area (TPSA) is 80.1 Å². The molecule has 0 bridgehead atoms. The van der Waals surface area contributed by atoms with Crippen molar-refractivity contribution < 1.29 is 4.79 Å². The highest BCUT2D eigenvalue weighted by molar-refractivity contribution is 5.79. The van der Waals surface area contributed by atoms with Gasteiger partial charge in [0.15, 0.2) is 11.5 Å². The lowest BCUT2D eigenvalue weighted by molar-refractivity contribution is -0.125. The minimum atomic E-state index is -0.119. The molecule has 30 heavy (non-hydrogen) atoms. The highest BCUT2D eigenvalue weighted by atomic mass is 16.2. The molecule has 1 amide bonds. The Labute approximate surface area is 175 Å². The molecule has 0 atom stereocenters. The molecule has 7 nitrogen and oxygen atoms in total. The second-order valence-electron chi connectivity index (χ2n) is 7.80. The third-order valence-corrected chi connectivity index (χ3v) is 5.75. The number of hydrogen-bond donors (Lipinski definition) is 1. The van der Waals surface area contributed by atoms with Crippen LogP contribution in [0.2, 0.25) is 0 Å². The highest BCUT2D eigenvalue weighted by Crippen LogP contribution is 2.21. The number of carbonyl (C=O) groups is 1. The van der Waals surface area contributed by atoms with Crippen LogP contribution in [0.1, 0.15) is 30.9 Å². The van der Waals surface area contributed by atoms with Gasteiger partial charge in [0.1, 0.15) is 5.52 Å². The van der Waals surface area contributed by atoms with E-state index in [4.69, 9.17) is 0 Å². The van der Waals surface area contributed by atoms with Gasteiger partial charge in [0.25, 0.3) is 5.56 Å². The average Bonchev–Trinajstić information content (AvgIpc) is 2.78. The molecule has 0 unspecified atom stereocenters. The molecule has 1 aliphatic heterocycles. The largest absolute Gasteiger partial charge is 0.352 e. The maximum Gasteiger partial charge on any atom is 0.295 e. The van der Waals surface area contributed by atoms with Crippen molar-refractivity contribution in [2.45, 2.75) is 39.8 Å². The predicted octanol–water partition coefficient (Wildman–Crippen LogP) is 2.65. The zero-order chi connectivity index (χ0) is 21.1. The summed E-state index contributed by atoms with van der Waals surface area (Å²) >= 11 is 0. The number of rotatable bonds is 5. The zero-order valence-electron chi connectivity index (χ0n) is 17.5. The Hall–Kier alpha value is -3.22. The van der Waals surface area contributed by atoms with E-state index in [0.29, 0.717) is 56.0 Å². The fourth-order valence-corrected chi connectivity index (χ4v) is 3.95. The molecule has 156 valence electrons. The van der Waals surface area contributed by atoms with Gasteiger partial charge in [0.05, 0.1) is 0 Å². The third-order valence-electron chi connectivity index (χ3n) is 5.75. The number of aromatic nitrogens is 3. The normalized spacial score (nSPS) is 14.8. The van der Waals surface area contributed by atoms with Gasteiger partial charge < -0.3 is 10.2 Å². The van der Waals surface area contributed by atoms with E-state index < -0.39 is 0 Å². The van der Waals surface area contributed by atoms with Gasteiger partial charge in [0, 0.05) is 38.3 Å². The maximum atomic E-state index is 13.0. The molecule has 1 fully saturated rings. The van der Waals surface area contributed by atoms with Crippen LogP contribution in [0.3, 0.4) is 0 Å². The summed E-state index contributed by atoms with van der Waals surface area (Å²) in [6.07, 6.45) is 3.09. The number of carbonyl (C=O) groups excluding carboxylic acids is 1.